The number of Topliss-reactive ketones (excluding diaryl/α,β-unsaturated/α-hetero) is 1. The van der Waals surface area contributed by atoms with Crippen molar-refractivity contribution in [2.24, 2.45) is 0 Å². The maximum atomic E-state index is 12.0. The number of carbonyl (C=O) groups is 2. The number of carboxylic acid groups (broad SMARTS) is 1. The zero-order valence-electron chi connectivity index (χ0n) is 16.5. The number of rotatable bonds is 8. The first-order valence-corrected chi connectivity index (χ1v) is 9.53. The van der Waals surface area contributed by atoms with E-state index in [1.165, 1.54) is 0 Å². The molecule has 1 N–H and O–H groups in total. The van der Waals surface area contributed by atoms with Crippen molar-refractivity contribution >= 4 is 11.8 Å². The van der Waals surface area contributed by atoms with Crippen LogP contribution in [0.4, 0.5) is 0 Å². The maximum Gasteiger partial charge on any atom is 0.336 e. The Morgan fingerprint density at radius 2 is 1.83 bits per heavy atom. The molecule has 3 rings (SSSR count). The van der Waals surface area contributed by atoms with Gasteiger partial charge in [0.1, 0.15) is 5.82 Å². The summed E-state index contributed by atoms with van der Waals surface area (Å²) in [5, 5.41) is 13.7. The number of carboxylic acids is 1. The van der Waals surface area contributed by atoms with Crippen LogP contribution in [-0.4, -0.2) is 31.6 Å². The Morgan fingerprint density at radius 1 is 1.10 bits per heavy atom. The fourth-order valence-corrected chi connectivity index (χ4v) is 3.04. The van der Waals surface area contributed by atoms with Gasteiger partial charge in [0.25, 0.3) is 0 Å². The molecule has 0 aliphatic carbocycles. The average molecular weight is 389 g/mol. The first kappa shape index (κ1) is 20.2. The second kappa shape index (κ2) is 9.10. The molecule has 0 saturated carbocycles. The molecule has 0 aliphatic heterocycles. The van der Waals surface area contributed by atoms with E-state index in [2.05, 4.69) is 10.1 Å². The van der Waals surface area contributed by atoms with E-state index in [1.807, 2.05) is 49.4 Å². The summed E-state index contributed by atoms with van der Waals surface area (Å²) in [7, 11) is 0. The fraction of sp³-hybridized carbons (Fsp3) is 0.217. The van der Waals surface area contributed by atoms with Crippen LogP contribution in [0.2, 0.25) is 0 Å². The van der Waals surface area contributed by atoms with Gasteiger partial charge in [0.2, 0.25) is 11.6 Å². The summed E-state index contributed by atoms with van der Waals surface area (Å²) in [5.41, 5.74) is 2.79. The van der Waals surface area contributed by atoms with Crippen molar-refractivity contribution in [3.63, 3.8) is 0 Å². The van der Waals surface area contributed by atoms with Crippen molar-refractivity contribution in [3.8, 4) is 11.1 Å². The predicted molar refractivity (Wildman–Crippen MR) is 111 cm³/mol. The number of carbonyl (C=O) groups excluding carboxylic acids is 1. The lowest BCUT2D eigenvalue weighted by atomic mass is 9.98. The van der Waals surface area contributed by atoms with Gasteiger partial charge in [-0.25, -0.2) is 14.5 Å². The Hall–Kier alpha value is -3.54. The number of aromatic nitrogens is 3. The highest BCUT2D eigenvalue weighted by atomic mass is 16.4. The second-order valence-corrected chi connectivity index (χ2v) is 6.60. The molecule has 6 heteroatoms. The van der Waals surface area contributed by atoms with E-state index in [9.17, 15) is 14.7 Å². The molecule has 0 saturated heterocycles. The summed E-state index contributed by atoms with van der Waals surface area (Å²) in [6.07, 6.45) is 4.79. The molecule has 0 atom stereocenters. The highest BCUT2D eigenvalue weighted by Crippen LogP contribution is 2.24. The van der Waals surface area contributed by atoms with E-state index in [4.69, 9.17) is 0 Å². The van der Waals surface area contributed by atoms with Crippen molar-refractivity contribution < 1.29 is 14.7 Å². The van der Waals surface area contributed by atoms with Crippen LogP contribution in [0.5, 0.6) is 0 Å². The van der Waals surface area contributed by atoms with E-state index in [1.54, 1.807) is 29.8 Å². The first-order chi connectivity index (χ1) is 14.0. The van der Waals surface area contributed by atoms with Gasteiger partial charge in [0, 0.05) is 12.8 Å². The van der Waals surface area contributed by atoms with Gasteiger partial charge in [-0.05, 0) is 29.7 Å². The molecule has 29 heavy (non-hydrogen) atoms. The standard InChI is InChI=1S/C23H23N3O3/c1-3-5-14-26-21(24-22(25-26)20(27)4-2)15-16-10-12-17(13-11-16)18-8-6-7-9-19(18)23(28)29/h3,5-13H,4,14-15H2,1-2H3,(H,28,29). The third-order valence-corrected chi connectivity index (χ3v) is 4.62. The minimum absolute atomic E-state index is 0.0777. The molecule has 0 bridgehead atoms. The Bertz CT molecular complexity index is 1050. The van der Waals surface area contributed by atoms with Crippen LogP contribution in [0.3, 0.4) is 0 Å². The molecule has 0 spiro atoms. The lowest BCUT2D eigenvalue weighted by Gasteiger charge is -2.08. The molecule has 0 amide bonds. The van der Waals surface area contributed by atoms with Gasteiger partial charge < -0.3 is 5.11 Å². The molecule has 0 unspecified atom stereocenters. The topological polar surface area (TPSA) is 85.1 Å². The van der Waals surface area contributed by atoms with Gasteiger partial charge in [-0.3, -0.25) is 4.79 Å². The molecule has 0 fully saturated rings. The van der Waals surface area contributed by atoms with Crippen LogP contribution in [0.25, 0.3) is 11.1 Å². The molecular weight excluding hydrogens is 366 g/mol. The van der Waals surface area contributed by atoms with Gasteiger partial charge in [0.15, 0.2) is 0 Å². The lowest BCUT2D eigenvalue weighted by Crippen LogP contribution is -2.05. The molecule has 3 aromatic rings. The van der Waals surface area contributed by atoms with Gasteiger partial charge in [-0.2, -0.15) is 0 Å². The number of nitrogens with zero attached hydrogens (tertiary/aromatic N) is 3. The normalized spacial score (nSPS) is 11.1. The average Bonchev–Trinajstić information content (AvgIpc) is 3.14. The summed E-state index contributed by atoms with van der Waals surface area (Å²) in [6, 6.07) is 14.6. The van der Waals surface area contributed by atoms with Crippen molar-refractivity contribution in [3.05, 3.63) is 83.5 Å². The first-order valence-electron chi connectivity index (χ1n) is 9.53. The van der Waals surface area contributed by atoms with E-state index in [0.717, 1.165) is 17.0 Å². The van der Waals surface area contributed by atoms with Gasteiger partial charge in [-0.15, -0.1) is 5.10 Å². The largest absolute Gasteiger partial charge is 0.478 e. The van der Waals surface area contributed by atoms with Gasteiger partial charge >= 0.3 is 5.97 Å². The Labute approximate surface area is 169 Å². The summed E-state index contributed by atoms with van der Waals surface area (Å²) in [5.74, 6) is -0.0569. The molecule has 2 aromatic carbocycles. The lowest BCUT2D eigenvalue weighted by molar-refractivity contribution is 0.0697. The van der Waals surface area contributed by atoms with E-state index in [-0.39, 0.29) is 17.2 Å². The SMILES string of the molecule is CC=CCn1nc(C(=O)CC)nc1Cc1ccc(-c2ccccc2C(=O)O)cc1. The van der Waals surface area contributed by atoms with E-state index >= 15 is 0 Å². The summed E-state index contributed by atoms with van der Waals surface area (Å²) in [6.45, 7) is 4.28. The minimum atomic E-state index is -0.949. The Morgan fingerprint density at radius 3 is 2.48 bits per heavy atom. The zero-order valence-corrected chi connectivity index (χ0v) is 16.5. The Balaban J connectivity index is 1.87. The van der Waals surface area contributed by atoms with Crippen LogP contribution in [0.15, 0.2) is 60.7 Å². The summed E-state index contributed by atoms with van der Waals surface area (Å²) in [4.78, 5) is 27.9. The van der Waals surface area contributed by atoms with Crippen LogP contribution in [0, 0.1) is 0 Å². The molecule has 6 nitrogen and oxygen atoms in total. The predicted octanol–water partition coefficient (Wildman–Crippen LogP) is 4.40. The van der Waals surface area contributed by atoms with Crippen LogP contribution in [0.1, 0.15) is 52.6 Å². The molecule has 1 heterocycles. The van der Waals surface area contributed by atoms with Crippen LogP contribution >= 0.6 is 0 Å². The molecular formula is C23H23N3O3. The second-order valence-electron chi connectivity index (χ2n) is 6.60. The number of ketones is 1. The summed E-state index contributed by atoms with van der Waals surface area (Å²) < 4.78 is 1.75. The molecule has 148 valence electrons. The van der Waals surface area contributed by atoms with Crippen LogP contribution in [-0.2, 0) is 13.0 Å². The molecule has 1 aromatic heterocycles. The van der Waals surface area contributed by atoms with E-state index in [0.29, 0.717) is 24.9 Å². The third-order valence-electron chi connectivity index (χ3n) is 4.62. The molecule has 0 radical (unpaired) electrons. The van der Waals surface area contributed by atoms with E-state index < -0.39 is 5.97 Å². The smallest absolute Gasteiger partial charge is 0.336 e. The third kappa shape index (κ3) is 4.66. The Kier molecular flexibility index (Phi) is 6.34. The quantitative estimate of drug-likeness (QED) is 0.456. The zero-order chi connectivity index (χ0) is 20.8. The number of allylic oxidation sites excluding steroid dienone is 2. The fourth-order valence-electron chi connectivity index (χ4n) is 3.04. The van der Waals surface area contributed by atoms with Gasteiger partial charge in [-0.1, -0.05) is 61.5 Å². The minimum Gasteiger partial charge on any atom is -0.478 e. The highest BCUT2D eigenvalue weighted by molar-refractivity contribution is 5.96. The number of hydrogen-bond acceptors (Lipinski definition) is 4. The summed E-state index contributed by atoms with van der Waals surface area (Å²) >= 11 is 0. The van der Waals surface area contributed by atoms with Gasteiger partial charge in [0.05, 0.1) is 12.1 Å². The van der Waals surface area contributed by atoms with Crippen molar-refractivity contribution in [2.75, 3.05) is 0 Å². The van der Waals surface area contributed by atoms with Crippen molar-refractivity contribution in [2.45, 2.75) is 33.2 Å². The van der Waals surface area contributed by atoms with Crippen molar-refractivity contribution in [1.82, 2.24) is 14.8 Å². The highest BCUT2D eigenvalue weighted by Gasteiger charge is 2.15. The number of hydrogen-bond donors (Lipinski definition) is 1. The molecule has 0 aliphatic rings. The van der Waals surface area contributed by atoms with Crippen LogP contribution < -0.4 is 0 Å². The maximum absolute atomic E-state index is 12.0. The number of benzene rings is 2. The monoisotopic (exact) mass is 389 g/mol. The number of aromatic carboxylic acids is 1. The van der Waals surface area contributed by atoms with Crippen molar-refractivity contribution in [1.29, 1.82) is 0 Å².